The van der Waals surface area contributed by atoms with Gasteiger partial charge in [0, 0.05) is 74.9 Å². The number of nitrogens with one attached hydrogen (secondary N) is 2. The maximum absolute atomic E-state index is 13.8. The van der Waals surface area contributed by atoms with E-state index in [1.165, 1.54) is 7.11 Å². The van der Waals surface area contributed by atoms with Gasteiger partial charge in [0.05, 0.1) is 23.8 Å². The predicted octanol–water partition coefficient (Wildman–Crippen LogP) is 6.64. The zero-order chi connectivity index (χ0) is 32.5. The molecule has 5 heterocycles. The molecule has 5 atom stereocenters. The average Bonchev–Trinajstić information content (AvgIpc) is 3.72. The van der Waals surface area contributed by atoms with Gasteiger partial charge in [-0.15, -0.1) is 0 Å². The van der Waals surface area contributed by atoms with Crippen molar-refractivity contribution >= 4 is 45.6 Å². The van der Waals surface area contributed by atoms with Gasteiger partial charge in [0.15, 0.2) is 11.6 Å². The van der Waals surface area contributed by atoms with Crippen LogP contribution in [0.25, 0.3) is 22.1 Å². The van der Waals surface area contributed by atoms with Crippen LogP contribution in [0.3, 0.4) is 0 Å². The Labute approximate surface area is 260 Å². The number of H-pyrrole nitrogens is 2. The minimum atomic E-state index is -1.42. The summed E-state index contributed by atoms with van der Waals surface area (Å²) < 4.78 is 4.92. The molecule has 0 saturated heterocycles. The van der Waals surface area contributed by atoms with Gasteiger partial charge < -0.3 is 19.8 Å². The van der Waals surface area contributed by atoms with Gasteiger partial charge >= 0.3 is 11.9 Å². The summed E-state index contributed by atoms with van der Waals surface area (Å²) in [6, 6.07) is 5.82. The second-order valence-corrected chi connectivity index (χ2v) is 12.6. The quantitative estimate of drug-likeness (QED) is 0.159. The van der Waals surface area contributed by atoms with Gasteiger partial charge in [0.25, 0.3) is 0 Å². The van der Waals surface area contributed by atoms with E-state index in [0.29, 0.717) is 62.1 Å². The van der Waals surface area contributed by atoms with E-state index in [9.17, 15) is 24.3 Å². The molecule has 0 saturated carbocycles. The van der Waals surface area contributed by atoms with Crippen LogP contribution in [0.4, 0.5) is 0 Å². The predicted molar refractivity (Wildman–Crippen MR) is 169 cm³/mol. The van der Waals surface area contributed by atoms with Gasteiger partial charge in [0.2, 0.25) is 0 Å². The molecule has 1 aliphatic carbocycles. The first-order valence-corrected chi connectivity index (χ1v) is 15.5. The number of aryl methyl sites for hydroxylation is 2. The molecule has 3 N–H and O–H groups in total. The second kappa shape index (κ2) is 11.1. The number of aromatic nitrogens is 4. The molecule has 3 aromatic rings. The first kappa shape index (κ1) is 30.4. The molecule has 0 spiro atoms. The van der Waals surface area contributed by atoms with E-state index in [1.807, 2.05) is 39.0 Å². The Balaban J connectivity index is 1.79. The van der Waals surface area contributed by atoms with E-state index in [2.05, 4.69) is 23.8 Å². The molecule has 10 nitrogen and oxygen atoms in total. The van der Waals surface area contributed by atoms with Crippen LogP contribution in [0.5, 0.6) is 0 Å². The zero-order valence-electron chi connectivity index (χ0n) is 26.6. The summed E-state index contributed by atoms with van der Waals surface area (Å²) in [5, 5.41) is 10.4. The van der Waals surface area contributed by atoms with Crippen LogP contribution < -0.4 is 0 Å². The number of esters is 1. The summed E-state index contributed by atoms with van der Waals surface area (Å²) in [6.45, 7) is 11.5. The van der Waals surface area contributed by atoms with E-state index in [0.717, 1.165) is 23.4 Å². The number of hydrogen-bond acceptors (Lipinski definition) is 7. The zero-order valence-corrected chi connectivity index (χ0v) is 26.6. The van der Waals surface area contributed by atoms with Gasteiger partial charge in [-0.2, -0.15) is 0 Å². The third kappa shape index (κ3) is 4.69. The van der Waals surface area contributed by atoms with Gasteiger partial charge in [-0.1, -0.05) is 20.8 Å². The molecule has 6 rings (SSSR count). The normalized spacial score (nSPS) is 22.1. The number of ketones is 2. The highest BCUT2D eigenvalue weighted by Gasteiger charge is 2.45. The standard InChI is InChI=1S/C35H38N4O6/c1-8-19-14(2)21-13-26-28(18(6)40)16(4)23(37-26)11-22-15(3)20(9-10-27(41)45-7)32(38-22)30-31(35(43)44)34(42)29-17(5)24(39-33(29)30)12-25(19)36-21/h11-15,19-20,31,37,39H,8-10H2,1-7H3,(H,43,44). The van der Waals surface area contributed by atoms with Gasteiger partial charge in [-0.05, 0) is 62.9 Å². The van der Waals surface area contributed by atoms with Crippen molar-refractivity contribution in [2.24, 2.45) is 0 Å². The number of carbonyl (C=O) groups is 4. The first-order chi connectivity index (χ1) is 21.4. The van der Waals surface area contributed by atoms with Crippen molar-refractivity contribution in [1.82, 2.24) is 19.9 Å². The maximum atomic E-state index is 13.8. The van der Waals surface area contributed by atoms with E-state index in [-0.39, 0.29) is 41.8 Å². The topological polar surface area (TPSA) is 155 Å². The van der Waals surface area contributed by atoms with Crippen LogP contribution in [0.1, 0.15) is 137 Å². The SMILES string of the molecule is CCC1c2cc3[nH]c4c(c3C)C(=O)C(C(=O)O)c4c3nc(cc4[nH]c(cc(n2)C1C)c(C(C)=O)c4C)C(C)C3CCC(=O)OC. The molecular weight excluding hydrogens is 572 g/mol. The number of Topliss-reactive ketones (excluding diaryl/α,β-unsaturated/α-hetero) is 2. The van der Waals surface area contributed by atoms with Gasteiger partial charge in [0.1, 0.15) is 5.92 Å². The number of hydrogen-bond donors (Lipinski definition) is 3. The molecule has 0 amide bonds. The highest BCUT2D eigenvalue weighted by Crippen LogP contribution is 2.48. The van der Waals surface area contributed by atoms with Crippen molar-refractivity contribution in [3.8, 4) is 0 Å². The lowest BCUT2D eigenvalue weighted by molar-refractivity contribution is -0.141. The Kier molecular flexibility index (Phi) is 7.49. The summed E-state index contributed by atoms with van der Waals surface area (Å²) in [5.41, 5.74) is 8.14. The van der Waals surface area contributed by atoms with Crippen LogP contribution in [-0.4, -0.2) is 55.7 Å². The summed E-state index contributed by atoms with van der Waals surface area (Å²) in [4.78, 5) is 68.6. The molecule has 8 bridgehead atoms. The minimum Gasteiger partial charge on any atom is -0.480 e. The van der Waals surface area contributed by atoms with Crippen LogP contribution in [0.15, 0.2) is 18.2 Å². The Morgan fingerprint density at radius 2 is 1.53 bits per heavy atom. The number of rotatable bonds is 6. The molecule has 45 heavy (non-hydrogen) atoms. The monoisotopic (exact) mass is 610 g/mol. The van der Waals surface area contributed by atoms with Crippen LogP contribution in [0, 0.1) is 13.8 Å². The van der Waals surface area contributed by atoms with Crippen molar-refractivity contribution in [1.29, 1.82) is 0 Å². The Bertz CT molecular complexity index is 1970. The fraction of sp³-hybridized carbons (Fsp3) is 0.429. The molecule has 0 radical (unpaired) electrons. The van der Waals surface area contributed by atoms with Crippen LogP contribution >= 0.6 is 0 Å². The minimum absolute atomic E-state index is 0.0719. The number of carbonyl (C=O) groups excluding carboxylic acids is 3. The van der Waals surface area contributed by atoms with Crippen LogP contribution in [0.2, 0.25) is 0 Å². The molecule has 3 aliphatic rings. The lowest BCUT2D eigenvalue weighted by Gasteiger charge is -2.18. The smallest absolute Gasteiger partial charge is 0.319 e. The molecule has 3 aromatic heterocycles. The number of aliphatic carboxylic acids is 1. The van der Waals surface area contributed by atoms with Crippen molar-refractivity contribution in [2.45, 2.75) is 90.4 Å². The van der Waals surface area contributed by atoms with Gasteiger partial charge in [-0.25, -0.2) is 0 Å². The Hall–Kier alpha value is -4.60. The number of ether oxygens (including phenoxy) is 1. The fourth-order valence-corrected chi connectivity index (χ4v) is 7.60. The van der Waals surface area contributed by atoms with Crippen molar-refractivity contribution in [3.63, 3.8) is 0 Å². The van der Waals surface area contributed by atoms with Crippen LogP contribution in [-0.2, 0) is 14.3 Å². The highest BCUT2D eigenvalue weighted by molar-refractivity contribution is 6.23. The molecule has 2 aliphatic heterocycles. The number of methoxy groups -OCH3 is 1. The van der Waals surface area contributed by atoms with E-state index >= 15 is 0 Å². The first-order valence-electron chi connectivity index (χ1n) is 15.5. The Morgan fingerprint density at radius 1 is 0.911 bits per heavy atom. The number of carboxylic acids is 1. The maximum Gasteiger partial charge on any atom is 0.319 e. The van der Waals surface area contributed by atoms with E-state index < -0.39 is 17.7 Å². The number of aromatic amines is 2. The molecule has 0 fully saturated rings. The summed E-state index contributed by atoms with van der Waals surface area (Å²) in [7, 11) is 1.33. The second-order valence-electron chi connectivity index (χ2n) is 12.6. The average molecular weight is 611 g/mol. The lowest BCUT2D eigenvalue weighted by atomic mass is 9.84. The summed E-state index contributed by atoms with van der Waals surface area (Å²) in [6.07, 6.45) is 1.30. The highest BCUT2D eigenvalue weighted by atomic mass is 16.5. The fourth-order valence-electron chi connectivity index (χ4n) is 7.60. The van der Waals surface area contributed by atoms with E-state index in [4.69, 9.17) is 14.7 Å². The summed E-state index contributed by atoms with van der Waals surface area (Å²) in [5.74, 6) is -3.98. The van der Waals surface area contributed by atoms with Crippen molar-refractivity contribution in [2.75, 3.05) is 7.11 Å². The molecule has 234 valence electrons. The number of carboxylic acid groups (broad SMARTS) is 1. The molecule has 10 heteroatoms. The molecular formula is C35H38N4O6. The van der Waals surface area contributed by atoms with Gasteiger partial charge in [-0.3, -0.25) is 29.1 Å². The van der Waals surface area contributed by atoms with Crippen molar-refractivity contribution < 1.29 is 29.0 Å². The Morgan fingerprint density at radius 3 is 2.18 bits per heavy atom. The third-order valence-electron chi connectivity index (χ3n) is 10.1. The third-order valence-corrected chi connectivity index (χ3v) is 10.1. The number of nitrogens with zero attached hydrogens (tertiary/aromatic N) is 2. The summed E-state index contributed by atoms with van der Waals surface area (Å²) >= 11 is 0. The number of fused-ring (bicyclic) bond motifs is 8. The largest absolute Gasteiger partial charge is 0.480 e. The molecule has 5 unspecified atom stereocenters. The van der Waals surface area contributed by atoms with Crippen molar-refractivity contribution in [3.05, 3.63) is 68.8 Å². The lowest BCUT2D eigenvalue weighted by Crippen LogP contribution is -2.20. The van der Waals surface area contributed by atoms with E-state index in [1.54, 1.807) is 6.92 Å². The molecule has 0 aromatic carbocycles.